The second-order valence-corrected chi connectivity index (χ2v) is 5.14. The molecule has 1 aliphatic rings. The predicted octanol–water partition coefficient (Wildman–Crippen LogP) is 2.61. The first kappa shape index (κ1) is 16.4. The second kappa shape index (κ2) is 10.2. The van der Waals surface area contributed by atoms with Crippen molar-refractivity contribution in [3.05, 3.63) is 0 Å². The first-order chi connectivity index (χ1) is 9.26. The lowest BCUT2D eigenvalue weighted by molar-refractivity contribution is -0.143. The minimum Gasteiger partial charge on any atom is -0.466 e. The van der Waals surface area contributed by atoms with Crippen molar-refractivity contribution in [2.24, 2.45) is 0 Å². The standard InChI is InChI=1S/C15H29NO3/c1-3-16(13-14-9-8-12-19-14)11-7-5-6-10-15(17)18-4-2/h14H,3-13H2,1-2H3. The summed E-state index contributed by atoms with van der Waals surface area (Å²) in [5, 5.41) is 0. The zero-order chi connectivity index (χ0) is 13.9. The molecule has 0 aliphatic carbocycles. The Morgan fingerprint density at radius 3 is 2.79 bits per heavy atom. The van der Waals surface area contributed by atoms with Crippen molar-refractivity contribution in [3.8, 4) is 0 Å². The number of carbonyl (C=O) groups excluding carboxylic acids is 1. The number of rotatable bonds is 10. The molecule has 1 unspecified atom stereocenters. The lowest BCUT2D eigenvalue weighted by Gasteiger charge is -2.23. The van der Waals surface area contributed by atoms with Crippen molar-refractivity contribution in [1.29, 1.82) is 0 Å². The van der Waals surface area contributed by atoms with Crippen LogP contribution < -0.4 is 0 Å². The molecule has 4 heteroatoms. The zero-order valence-corrected chi connectivity index (χ0v) is 12.5. The number of carbonyl (C=O) groups is 1. The van der Waals surface area contributed by atoms with Crippen LogP contribution in [0.2, 0.25) is 0 Å². The van der Waals surface area contributed by atoms with Crippen molar-refractivity contribution < 1.29 is 14.3 Å². The molecule has 1 fully saturated rings. The Bertz CT molecular complexity index is 240. The average molecular weight is 271 g/mol. The summed E-state index contributed by atoms with van der Waals surface area (Å²) >= 11 is 0. The SMILES string of the molecule is CCOC(=O)CCCCCN(CC)CC1CCCO1. The molecule has 1 aliphatic heterocycles. The quantitative estimate of drug-likeness (QED) is 0.452. The topological polar surface area (TPSA) is 38.8 Å². The number of hydrogen-bond acceptors (Lipinski definition) is 4. The van der Waals surface area contributed by atoms with Gasteiger partial charge in [-0.15, -0.1) is 0 Å². The Morgan fingerprint density at radius 1 is 1.32 bits per heavy atom. The van der Waals surface area contributed by atoms with Crippen molar-refractivity contribution in [3.63, 3.8) is 0 Å². The van der Waals surface area contributed by atoms with Crippen molar-refractivity contribution >= 4 is 5.97 Å². The number of esters is 1. The van der Waals surface area contributed by atoms with Crippen LogP contribution in [-0.4, -0.2) is 49.8 Å². The van der Waals surface area contributed by atoms with Crippen LogP contribution >= 0.6 is 0 Å². The van der Waals surface area contributed by atoms with Gasteiger partial charge in [0.05, 0.1) is 12.7 Å². The number of likely N-dealkylation sites (N-methyl/N-ethyl adjacent to an activating group) is 1. The minimum atomic E-state index is -0.0609. The number of hydrogen-bond donors (Lipinski definition) is 0. The van der Waals surface area contributed by atoms with E-state index in [9.17, 15) is 4.79 Å². The molecule has 0 bridgehead atoms. The van der Waals surface area contributed by atoms with Gasteiger partial charge in [0.2, 0.25) is 0 Å². The van der Waals surface area contributed by atoms with Crippen LogP contribution in [0.25, 0.3) is 0 Å². The summed E-state index contributed by atoms with van der Waals surface area (Å²) in [4.78, 5) is 13.6. The highest BCUT2D eigenvalue weighted by molar-refractivity contribution is 5.69. The maximum Gasteiger partial charge on any atom is 0.305 e. The number of unbranched alkanes of at least 4 members (excludes halogenated alkanes) is 2. The van der Waals surface area contributed by atoms with E-state index < -0.39 is 0 Å². The molecule has 1 atom stereocenters. The largest absolute Gasteiger partial charge is 0.466 e. The van der Waals surface area contributed by atoms with Crippen LogP contribution in [0.15, 0.2) is 0 Å². The van der Waals surface area contributed by atoms with E-state index in [1.807, 2.05) is 6.92 Å². The fourth-order valence-corrected chi connectivity index (χ4v) is 2.47. The van der Waals surface area contributed by atoms with Gasteiger partial charge < -0.3 is 14.4 Å². The highest BCUT2D eigenvalue weighted by Gasteiger charge is 2.17. The van der Waals surface area contributed by atoms with Gasteiger partial charge in [-0.3, -0.25) is 4.79 Å². The Labute approximate surface area is 117 Å². The van der Waals surface area contributed by atoms with Crippen LogP contribution in [0.3, 0.4) is 0 Å². The third kappa shape index (κ3) is 7.53. The van der Waals surface area contributed by atoms with Gasteiger partial charge in [-0.05, 0) is 45.7 Å². The summed E-state index contributed by atoms with van der Waals surface area (Å²) in [5.41, 5.74) is 0. The third-order valence-electron chi connectivity index (χ3n) is 3.59. The molecule has 4 nitrogen and oxygen atoms in total. The van der Waals surface area contributed by atoms with E-state index in [2.05, 4.69) is 11.8 Å². The van der Waals surface area contributed by atoms with E-state index in [0.717, 1.165) is 45.5 Å². The van der Waals surface area contributed by atoms with Crippen LogP contribution in [0.5, 0.6) is 0 Å². The van der Waals surface area contributed by atoms with Crippen LogP contribution in [-0.2, 0) is 14.3 Å². The summed E-state index contributed by atoms with van der Waals surface area (Å²) in [6, 6.07) is 0. The van der Waals surface area contributed by atoms with E-state index in [-0.39, 0.29) is 5.97 Å². The smallest absolute Gasteiger partial charge is 0.305 e. The normalized spacial score (nSPS) is 19.0. The highest BCUT2D eigenvalue weighted by Crippen LogP contribution is 2.13. The van der Waals surface area contributed by atoms with Gasteiger partial charge in [-0.1, -0.05) is 13.3 Å². The molecule has 0 saturated carbocycles. The highest BCUT2D eigenvalue weighted by atomic mass is 16.5. The summed E-state index contributed by atoms with van der Waals surface area (Å²) in [7, 11) is 0. The van der Waals surface area contributed by atoms with Gasteiger partial charge in [0.25, 0.3) is 0 Å². The molecule has 19 heavy (non-hydrogen) atoms. The molecule has 0 aromatic carbocycles. The Hall–Kier alpha value is -0.610. The molecule has 0 aromatic rings. The summed E-state index contributed by atoms with van der Waals surface area (Å²) < 4.78 is 10.6. The molecule has 0 aromatic heterocycles. The van der Waals surface area contributed by atoms with Crippen molar-refractivity contribution in [2.45, 2.75) is 58.5 Å². The summed E-state index contributed by atoms with van der Waals surface area (Å²) in [5.74, 6) is -0.0609. The maximum absolute atomic E-state index is 11.2. The van der Waals surface area contributed by atoms with Crippen LogP contribution in [0, 0.1) is 0 Å². The van der Waals surface area contributed by atoms with Crippen LogP contribution in [0.4, 0.5) is 0 Å². The Morgan fingerprint density at radius 2 is 2.16 bits per heavy atom. The second-order valence-electron chi connectivity index (χ2n) is 5.14. The lowest BCUT2D eigenvalue weighted by Crippen LogP contribution is -2.32. The Balaban J connectivity index is 2.01. The fraction of sp³-hybridized carbons (Fsp3) is 0.933. The van der Waals surface area contributed by atoms with Gasteiger partial charge >= 0.3 is 5.97 Å². The van der Waals surface area contributed by atoms with E-state index in [1.54, 1.807) is 0 Å². The molecule has 1 saturated heterocycles. The van der Waals surface area contributed by atoms with Crippen LogP contribution in [0.1, 0.15) is 52.4 Å². The molecular formula is C15H29NO3. The van der Waals surface area contributed by atoms with Gasteiger partial charge in [-0.2, -0.15) is 0 Å². The zero-order valence-electron chi connectivity index (χ0n) is 12.5. The Kier molecular flexibility index (Phi) is 8.84. The van der Waals surface area contributed by atoms with E-state index in [0.29, 0.717) is 19.1 Å². The molecule has 0 N–H and O–H groups in total. The van der Waals surface area contributed by atoms with Gasteiger partial charge in [0.1, 0.15) is 0 Å². The van der Waals surface area contributed by atoms with E-state index >= 15 is 0 Å². The summed E-state index contributed by atoms with van der Waals surface area (Å²) in [6.07, 6.45) is 6.61. The number of ether oxygens (including phenoxy) is 2. The van der Waals surface area contributed by atoms with Crippen molar-refractivity contribution in [1.82, 2.24) is 4.90 Å². The molecule has 0 amide bonds. The van der Waals surface area contributed by atoms with E-state index in [1.165, 1.54) is 12.8 Å². The molecule has 112 valence electrons. The number of nitrogens with zero attached hydrogens (tertiary/aromatic N) is 1. The van der Waals surface area contributed by atoms with E-state index in [4.69, 9.17) is 9.47 Å². The molecule has 1 rings (SSSR count). The predicted molar refractivity (Wildman–Crippen MR) is 76.2 cm³/mol. The third-order valence-corrected chi connectivity index (χ3v) is 3.59. The maximum atomic E-state index is 11.2. The first-order valence-corrected chi connectivity index (χ1v) is 7.75. The molecule has 0 spiro atoms. The van der Waals surface area contributed by atoms with Gasteiger partial charge in [0.15, 0.2) is 0 Å². The summed E-state index contributed by atoms with van der Waals surface area (Å²) in [6.45, 7) is 8.73. The minimum absolute atomic E-state index is 0.0609. The monoisotopic (exact) mass is 271 g/mol. The van der Waals surface area contributed by atoms with Crippen molar-refractivity contribution in [2.75, 3.05) is 32.8 Å². The van der Waals surface area contributed by atoms with Gasteiger partial charge in [0, 0.05) is 19.6 Å². The molecule has 0 radical (unpaired) electrons. The molecule has 1 heterocycles. The van der Waals surface area contributed by atoms with Gasteiger partial charge in [-0.25, -0.2) is 0 Å². The first-order valence-electron chi connectivity index (χ1n) is 7.75. The fourth-order valence-electron chi connectivity index (χ4n) is 2.47. The average Bonchev–Trinajstić information content (AvgIpc) is 2.90. The molecular weight excluding hydrogens is 242 g/mol. The lowest BCUT2D eigenvalue weighted by atomic mass is 10.1.